The van der Waals surface area contributed by atoms with E-state index in [1.807, 2.05) is 30.7 Å². The quantitative estimate of drug-likeness (QED) is 0.666. The van der Waals surface area contributed by atoms with Crippen molar-refractivity contribution >= 4 is 21.4 Å². The average Bonchev–Trinajstić information content (AvgIpc) is 2.92. The van der Waals surface area contributed by atoms with Crippen molar-refractivity contribution in [3.63, 3.8) is 0 Å². The molecule has 3 rings (SSSR count). The van der Waals surface area contributed by atoms with E-state index in [4.69, 9.17) is 0 Å². The van der Waals surface area contributed by atoms with Gasteiger partial charge in [-0.05, 0) is 13.0 Å². The van der Waals surface area contributed by atoms with Crippen molar-refractivity contribution in [2.75, 3.05) is 0 Å². The number of nitriles is 1. The summed E-state index contributed by atoms with van der Waals surface area (Å²) in [6.07, 6.45) is 0. The summed E-state index contributed by atoms with van der Waals surface area (Å²) in [5.41, 5.74) is 2.46. The first-order valence-corrected chi connectivity index (χ1v) is 6.50. The molecular weight excluding hydrogens is 242 g/mol. The highest BCUT2D eigenvalue weighted by molar-refractivity contribution is 7.17. The van der Waals surface area contributed by atoms with Gasteiger partial charge in [0.25, 0.3) is 0 Å². The van der Waals surface area contributed by atoms with Crippen LogP contribution in [0.5, 0.6) is 0 Å². The second-order valence-corrected chi connectivity index (χ2v) is 5.08. The molecule has 18 heavy (non-hydrogen) atoms. The largest absolute Gasteiger partial charge is 0.323 e. The van der Waals surface area contributed by atoms with Gasteiger partial charge in [0.2, 0.25) is 0 Å². The molecule has 0 bridgehead atoms. The number of rotatable bonds is 1. The molecule has 0 atom stereocenters. The Morgan fingerprint density at radius 1 is 1.33 bits per heavy atom. The van der Waals surface area contributed by atoms with Gasteiger partial charge in [-0.3, -0.25) is 0 Å². The Bertz CT molecular complexity index is 774. The smallest absolute Gasteiger partial charge is 0.148 e. The lowest BCUT2D eigenvalue weighted by atomic mass is 10.1. The SMILES string of the molecule is Cc1nc(-c2csc3ccccc23)c(C#N)n1C. The van der Waals surface area contributed by atoms with Gasteiger partial charge in [-0.25, -0.2) is 4.98 Å². The summed E-state index contributed by atoms with van der Waals surface area (Å²) in [5.74, 6) is 0.858. The van der Waals surface area contributed by atoms with Crippen LogP contribution in [0.1, 0.15) is 11.5 Å². The van der Waals surface area contributed by atoms with Crippen LogP contribution in [0.4, 0.5) is 0 Å². The van der Waals surface area contributed by atoms with Gasteiger partial charge in [-0.1, -0.05) is 18.2 Å². The first-order valence-electron chi connectivity index (χ1n) is 5.62. The van der Waals surface area contributed by atoms with Crippen molar-refractivity contribution in [1.82, 2.24) is 9.55 Å². The van der Waals surface area contributed by atoms with Gasteiger partial charge >= 0.3 is 0 Å². The number of aromatic nitrogens is 2. The highest BCUT2D eigenvalue weighted by Crippen LogP contribution is 2.34. The van der Waals surface area contributed by atoms with Gasteiger partial charge < -0.3 is 4.57 Å². The minimum absolute atomic E-state index is 0.621. The molecule has 2 aromatic heterocycles. The molecule has 0 fully saturated rings. The first-order chi connectivity index (χ1) is 8.72. The lowest BCUT2D eigenvalue weighted by Crippen LogP contribution is -1.94. The molecule has 3 nitrogen and oxygen atoms in total. The van der Waals surface area contributed by atoms with Crippen LogP contribution in [0.15, 0.2) is 29.6 Å². The molecule has 1 aromatic carbocycles. The highest BCUT2D eigenvalue weighted by Gasteiger charge is 2.16. The molecule has 0 amide bonds. The molecule has 88 valence electrons. The Morgan fingerprint density at radius 3 is 2.89 bits per heavy atom. The summed E-state index contributed by atoms with van der Waals surface area (Å²) in [4.78, 5) is 4.52. The molecule has 0 spiro atoms. The van der Waals surface area contributed by atoms with E-state index in [9.17, 15) is 5.26 Å². The van der Waals surface area contributed by atoms with Crippen LogP contribution < -0.4 is 0 Å². The standard InChI is InChI=1S/C14H11N3S/c1-9-16-14(12(7-15)17(9)2)11-8-18-13-6-4-3-5-10(11)13/h3-6,8H,1-2H3. The van der Waals surface area contributed by atoms with Gasteiger partial charge in [-0.2, -0.15) is 5.26 Å². The summed E-state index contributed by atoms with van der Waals surface area (Å²) >= 11 is 1.68. The van der Waals surface area contributed by atoms with Crippen molar-refractivity contribution in [1.29, 1.82) is 5.26 Å². The van der Waals surface area contributed by atoms with E-state index < -0.39 is 0 Å². The van der Waals surface area contributed by atoms with E-state index in [-0.39, 0.29) is 0 Å². The molecule has 0 N–H and O–H groups in total. The van der Waals surface area contributed by atoms with Crippen LogP contribution in [-0.4, -0.2) is 9.55 Å². The van der Waals surface area contributed by atoms with Gasteiger partial charge in [0, 0.05) is 28.1 Å². The van der Waals surface area contributed by atoms with Crippen LogP contribution in [0, 0.1) is 18.3 Å². The van der Waals surface area contributed by atoms with E-state index in [1.54, 1.807) is 11.3 Å². The number of fused-ring (bicyclic) bond motifs is 1. The third kappa shape index (κ3) is 1.45. The van der Waals surface area contributed by atoms with Crippen LogP contribution in [0.2, 0.25) is 0 Å². The second-order valence-electron chi connectivity index (χ2n) is 4.17. The average molecular weight is 253 g/mol. The maximum absolute atomic E-state index is 9.28. The summed E-state index contributed by atoms with van der Waals surface area (Å²) in [5, 5.41) is 12.5. The van der Waals surface area contributed by atoms with E-state index in [1.165, 1.54) is 4.70 Å². The molecule has 0 aliphatic heterocycles. The third-order valence-corrected chi connectivity index (χ3v) is 4.12. The lowest BCUT2D eigenvalue weighted by Gasteiger charge is -1.97. The Balaban J connectivity index is 2.34. The lowest BCUT2D eigenvalue weighted by molar-refractivity contribution is 0.845. The Morgan fingerprint density at radius 2 is 2.11 bits per heavy atom. The van der Waals surface area contributed by atoms with Crippen LogP contribution in [0.3, 0.4) is 0 Å². The summed E-state index contributed by atoms with van der Waals surface area (Å²) < 4.78 is 3.06. The fourth-order valence-corrected chi connectivity index (χ4v) is 3.03. The number of hydrogen-bond acceptors (Lipinski definition) is 3. The fourth-order valence-electron chi connectivity index (χ4n) is 2.09. The zero-order valence-corrected chi connectivity index (χ0v) is 11.0. The molecule has 0 saturated heterocycles. The number of hydrogen-bond donors (Lipinski definition) is 0. The molecule has 2 heterocycles. The number of nitrogens with zero attached hydrogens (tertiary/aromatic N) is 3. The number of aryl methyl sites for hydroxylation is 1. The maximum Gasteiger partial charge on any atom is 0.148 e. The molecule has 4 heteroatoms. The predicted octanol–water partition coefficient (Wildman–Crippen LogP) is 3.48. The van der Waals surface area contributed by atoms with E-state index >= 15 is 0 Å². The van der Waals surface area contributed by atoms with E-state index in [2.05, 4.69) is 28.6 Å². The zero-order chi connectivity index (χ0) is 12.7. The van der Waals surface area contributed by atoms with Crippen molar-refractivity contribution in [3.8, 4) is 17.3 Å². The molecule has 0 unspecified atom stereocenters. The van der Waals surface area contributed by atoms with Crippen molar-refractivity contribution < 1.29 is 0 Å². The second kappa shape index (κ2) is 3.97. The Hall–Kier alpha value is -2.12. The minimum Gasteiger partial charge on any atom is -0.323 e. The molecule has 0 radical (unpaired) electrons. The first kappa shape index (κ1) is 11.0. The maximum atomic E-state index is 9.28. The summed E-state index contributed by atoms with van der Waals surface area (Å²) in [6.45, 7) is 1.92. The van der Waals surface area contributed by atoms with E-state index in [0.717, 1.165) is 22.5 Å². The van der Waals surface area contributed by atoms with Gasteiger partial charge in [0.15, 0.2) is 0 Å². The summed E-state index contributed by atoms with van der Waals surface area (Å²) in [6, 6.07) is 10.4. The Labute approximate surface area is 109 Å². The number of benzene rings is 1. The number of imidazole rings is 1. The van der Waals surface area contributed by atoms with Crippen LogP contribution in [-0.2, 0) is 7.05 Å². The normalized spacial score (nSPS) is 10.7. The summed E-state index contributed by atoms with van der Waals surface area (Å²) in [7, 11) is 1.87. The third-order valence-electron chi connectivity index (χ3n) is 3.16. The molecule has 0 aliphatic rings. The number of thiophene rings is 1. The zero-order valence-electron chi connectivity index (χ0n) is 10.1. The van der Waals surface area contributed by atoms with E-state index in [0.29, 0.717) is 5.69 Å². The van der Waals surface area contributed by atoms with Crippen molar-refractivity contribution in [3.05, 3.63) is 41.2 Å². The van der Waals surface area contributed by atoms with Crippen molar-refractivity contribution in [2.45, 2.75) is 6.92 Å². The fraction of sp³-hybridized carbons (Fsp3) is 0.143. The molecule has 0 saturated carbocycles. The van der Waals surface area contributed by atoms with Gasteiger partial charge in [0.05, 0.1) is 0 Å². The van der Waals surface area contributed by atoms with Crippen molar-refractivity contribution in [2.24, 2.45) is 7.05 Å². The van der Waals surface area contributed by atoms with Crippen LogP contribution in [0.25, 0.3) is 21.3 Å². The van der Waals surface area contributed by atoms with Gasteiger partial charge in [0.1, 0.15) is 23.3 Å². The topological polar surface area (TPSA) is 41.6 Å². The minimum atomic E-state index is 0.621. The van der Waals surface area contributed by atoms with Gasteiger partial charge in [-0.15, -0.1) is 11.3 Å². The monoisotopic (exact) mass is 253 g/mol. The predicted molar refractivity (Wildman–Crippen MR) is 73.5 cm³/mol. The van der Waals surface area contributed by atoms with Crippen LogP contribution >= 0.6 is 11.3 Å². The molecule has 0 aliphatic carbocycles. The highest BCUT2D eigenvalue weighted by atomic mass is 32.1. The Kier molecular flexibility index (Phi) is 2.42. The molecular formula is C14H11N3S. The molecule has 3 aromatic rings.